The van der Waals surface area contributed by atoms with Crippen molar-refractivity contribution in [3.8, 4) is 11.1 Å². The smallest absolute Gasteiger partial charge is 0.226 e. The molecule has 4 rings (SSSR count). The first-order chi connectivity index (χ1) is 13.5. The number of hydrogen-bond acceptors (Lipinski definition) is 2. The van der Waals surface area contributed by atoms with E-state index in [1.807, 2.05) is 0 Å². The Morgan fingerprint density at radius 2 is 1.86 bits per heavy atom. The molecule has 1 unspecified atom stereocenters. The van der Waals surface area contributed by atoms with Crippen LogP contribution in [0.2, 0.25) is 0 Å². The van der Waals surface area contributed by atoms with Gasteiger partial charge in [0.2, 0.25) is 5.91 Å². The Balaban J connectivity index is 1.50. The molecule has 146 valence electrons. The monoisotopic (exact) mass is 374 g/mol. The average molecular weight is 375 g/mol. The first-order valence-electron chi connectivity index (χ1n) is 10.4. The molecule has 0 N–H and O–H groups in total. The highest BCUT2D eigenvalue weighted by Gasteiger charge is 2.28. The number of carbonyl (C=O) groups excluding carboxylic acids is 1. The van der Waals surface area contributed by atoms with Crippen LogP contribution in [0.15, 0.2) is 54.1 Å². The van der Waals surface area contributed by atoms with Gasteiger partial charge in [0.15, 0.2) is 0 Å². The van der Waals surface area contributed by atoms with Crippen LogP contribution in [-0.4, -0.2) is 31.4 Å². The van der Waals surface area contributed by atoms with Gasteiger partial charge in [-0.15, -0.1) is 0 Å². The van der Waals surface area contributed by atoms with Crippen LogP contribution in [0, 0.1) is 5.92 Å². The number of hydrogen-bond donors (Lipinski definition) is 0. The fraction of sp³-hybridized carbons (Fsp3) is 0.400. The zero-order chi connectivity index (χ0) is 19.7. The van der Waals surface area contributed by atoms with E-state index in [9.17, 15) is 4.79 Å². The third-order valence-electron chi connectivity index (χ3n) is 6.21. The van der Waals surface area contributed by atoms with Crippen molar-refractivity contribution in [2.45, 2.75) is 39.2 Å². The van der Waals surface area contributed by atoms with E-state index < -0.39 is 0 Å². The lowest BCUT2D eigenvalue weighted by atomic mass is 9.88. The second-order valence-corrected chi connectivity index (χ2v) is 8.46. The lowest BCUT2D eigenvalue weighted by molar-refractivity contribution is -0.136. The summed E-state index contributed by atoms with van der Waals surface area (Å²) in [6, 6.07) is 15.4. The van der Waals surface area contributed by atoms with Gasteiger partial charge in [-0.05, 0) is 67.0 Å². The van der Waals surface area contributed by atoms with E-state index in [-0.39, 0.29) is 5.92 Å². The van der Waals surface area contributed by atoms with Gasteiger partial charge in [0.25, 0.3) is 0 Å². The van der Waals surface area contributed by atoms with Crippen molar-refractivity contribution < 1.29 is 4.79 Å². The van der Waals surface area contributed by atoms with Gasteiger partial charge in [0, 0.05) is 38.8 Å². The molecular formula is C25H30N2O. The van der Waals surface area contributed by atoms with E-state index in [4.69, 9.17) is 0 Å². The number of rotatable bonds is 3. The van der Waals surface area contributed by atoms with E-state index in [1.54, 1.807) is 0 Å². The lowest BCUT2D eigenvalue weighted by Crippen LogP contribution is -2.40. The minimum Gasteiger partial charge on any atom is -0.378 e. The molecule has 3 heteroatoms. The number of amides is 1. The third-order valence-corrected chi connectivity index (χ3v) is 6.21. The molecule has 2 aromatic carbocycles. The average Bonchev–Trinajstić information content (AvgIpc) is 2.73. The van der Waals surface area contributed by atoms with E-state index in [1.165, 1.54) is 33.5 Å². The molecule has 1 aliphatic heterocycles. The summed E-state index contributed by atoms with van der Waals surface area (Å²) in [4.78, 5) is 17.2. The Morgan fingerprint density at radius 3 is 2.61 bits per heavy atom. The van der Waals surface area contributed by atoms with Crippen LogP contribution in [0.3, 0.4) is 0 Å². The minimum absolute atomic E-state index is 0.179. The second kappa shape index (κ2) is 7.83. The summed E-state index contributed by atoms with van der Waals surface area (Å²) >= 11 is 0. The highest BCUT2D eigenvalue weighted by Crippen LogP contribution is 2.30. The van der Waals surface area contributed by atoms with Crippen LogP contribution in [0.4, 0.5) is 5.69 Å². The maximum Gasteiger partial charge on any atom is 0.226 e. The van der Waals surface area contributed by atoms with Crippen molar-refractivity contribution in [2.75, 3.05) is 25.5 Å². The first kappa shape index (κ1) is 18.8. The summed E-state index contributed by atoms with van der Waals surface area (Å²) in [5, 5.41) is 0. The topological polar surface area (TPSA) is 23.6 Å². The molecule has 0 spiro atoms. The van der Waals surface area contributed by atoms with Crippen LogP contribution in [0.1, 0.15) is 37.3 Å². The van der Waals surface area contributed by atoms with Crippen LogP contribution in [0.25, 0.3) is 11.1 Å². The number of anilines is 1. The molecule has 2 aromatic rings. The normalized spacial score (nSPS) is 19.0. The summed E-state index contributed by atoms with van der Waals surface area (Å²) < 4.78 is 0. The van der Waals surface area contributed by atoms with Crippen LogP contribution >= 0.6 is 0 Å². The van der Waals surface area contributed by atoms with E-state index in [2.05, 4.69) is 79.4 Å². The molecule has 28 heavy (non-hydrogen) atoms. The largest absolute Gasteiger partial charge is 0.378 e. The number of benzene rings is 2. The van der Waals surface area contributed by atoms with Crippen LogP contribution < -0.4 is 4.90 Å². The van der Waals surface area contributed by atoms with Gasteiger partial charge in [-0.25, -0.2) is 0 Å². The lowest BCUT2D eigenvalue weighted by Gasteiger charge is -2.33. The molecule has 0 saturated carbocycles. The van der Waals surface area contributed by atoms with E-state index >= 15 is 0 Å². The van der Waals surface area contributed by atoms with Crippen molar-refractivity contribution >= 4 is 11.6 Å². The molecule has 1 atom stereocenters. The van der Waals surface area contributed by atoms with Crippen molar-refractivity contribution in [1.29, 1.82) is 0 Å². The SMILES string of the molecule is CC1=CCC(C(=O)N2CCc3cc(-c4cccc(N(C)C)c4)ccc3C2)CC1. The van der Waals surface area contributed by atoms with E-state index in [0.29, 0.717) is 5.91 Å². The summed E-state index contributed by atoms with van der Waals surface area (Å²) in [7, 11) is 4.14. The number of fused-ring (bicyclic) bond motifs is 1. The molecule has 3 nitrogen and oxygen atoms in total. The molecule has 0 radical (unpaired) electrons. The van der Waals surface area contributed by atoms with Crippen LogP contribution in [-0.2, 0) is 17.8 Å². The Morgan fingerprint density at radius 1 is 1.04 bits per heavy atom. The number of nitrogens with zero attached hydrogens (tertiary/aromatic N) is 2. The van der Waals surface area contributed by atoms with Crippen molar-refractivity contribution in [1.82, 2.24) is 4.90 Å². The summed E-state index contributed by atoms with van der Waals surface area (Å²) in [5.74, 6) is 0.524. The summed E-state index contributed by atoms with van der Waals surface area (Å²) in [5.41, 5.74) is 7.83. The van der Waals surface area contributed by atoms with Gasteiger partial charge in [0.1, 0.15) is 0 Å². The minimum atomic E-state index is 0.179. The fourth-order valence-corrected chi connectivity index (χ4v) is 4.33. The molecule has 0 aromatic heterocycles. The number of allylic oxidation sites excluding steroid dienone is 2. The summed E-state index contributed by atoms with van der Waals surface area (Å²) in [6.07, 6.45) is 6.18. The molecule has 0 saturated heterocycles. The van der Waals surface area contributed by atoms with Crippen LogP contribution in [0.5, 0.6) is 0 Å². The predicted molar refractivity (Wildman–Crippen MR) is 116 cm³/mol. The van der Waals surface area contributed by atoms with Gasteiger partial charge in [0.05, 0.1) is 0 Å². The maximum atomic E-state index is 13.0. The number of carbonyl (C=O) groups is 1. The first-order valence-corrected chi connectivity index (χ1v) is 10.4. The van der Waals surface area contributed by atoms with Crippen molar-refractivity contribution in [3.05, 3.63) is 65.2 Å². The predicted octanol–water partition coefficient (Wildman–Crippen LogP) is 5.05. The van der Waals surface area contributed by atoms with Gasteiger partial charge in [-0.3, -0.25) is 4.79 Å². The zero-order valence-electron chi connectivity index (χ0n) is 17.2. The molecule has 0 fully saturated rings. The fourth-order valence-electron chi connectivity index (χ4n) is 4.33. The Kier molecular flexibility index (Phi) is 5.25. The van der Waals surface area contributed by atoms with E-state index in [0.717, 1.165) is 38.8 Å². The molecule has 0 bridgehead atoms. The summed E-state index contributed by atoms with van der Waals surface area (Å²) in [6.45, 7) is 3.77. The second-order valence-electron chi connectivity index (χ2n) is 8.46. The van der Waals surface area contributed by atoms with Gasteiger partial charge >= 0.3 is 0 Å². The Hall–Kier alpha value is -2.55. The standard InChI is InChI=1S/C25H30N2O/c1-18-7-9-19(10-8-18)25(28)27-14-13-22-15-21(11-12-23(22)17-27)20-5-4-6-24(16-20)26(2)3/h4-7,11-12,15-16,19H,8-10,13-14,17H2,1-3H3. The molecular weight excluding hydrogens is 344 g/mol. The molecule has 2 aliphatic rings. The molecule has 1 aliphatic carbocycles. The van der Waals surface area contributed by atoms with Crippen molar-refractivity contribution in [3.63, 3.8) is 0 Å². The third kappa shape index (κ3) is 3.84. The van der Waals surface area contributed by atoms with Gasteiger partial charge in [-0.1, -0.05) is 42.0 Å². The molecule has 1 amide bonds. The van der Waals surface area contributed by atoms with Crippen molar-refractivity contribution in [2.24, 2.45) is 5.92 Å². The quantitative estimate of drug-likeness (QED) is 0.702. The Labute approximate surface area is 168 Å². The zero-order valence-corrected chi connectivity index (χ0v) is 17.2. The molecule has 1 heterocycles. The van der Waals surface area contributed by atoms with Gasteiger partial charge < -0.3 is 9.80 Å². The van der Waals surface area contributed by atoms with Gasteiger partial charge in [-0.2, -0.15) is 0 Å². The Bertz CT molecular complexity index is 913. The highest BCUT2D eigenvalue weighted by atomic mass is 16.2. The maximum absolute atomic E-state index is 13.0. The highest BCUT2D eigenvalue weighted by molar-refractivity contribution is 5.80.